The molecule has 0 bridgehead atoms. The summed E-state index contributed by atoms with van der Waals surface area (Å²) in [6.45, 7) is 0. The molecule has 4 aromatic rings. The van der Waals surface area contributed by atoms with Gasteiger partial charge in [-0.3, -0.25) is 4.79 Å². The Morgan fingerprint density at radius 1 is 1.00 bits per heavy atom. The molecule has 0 spiro atoms. The maximum absolute atomic E-state index is 12.4. The lowest BCUT2D eigenvalue weighted by atomic mass is 10.2. The van der Waals surface area contributed by atoms with E-state index < -0.39 is 0 Å². The fourth-order valence-corrected chi connectivity index (χ4v) is 3.41. The zero-order chi connectivity index (χ0) is 21.6. The van der Waals surface area contributed by atoms with Gasteiger partial charge in [-0.1, -0.05) is 34.1 Å². The highest BCUT2D eigenvalue weighted by Gasteiger charge is 2.07. The molecule has 2 N–H and O–H groups in total. The van der Waals surface area contributed by atoms with E-state index in [1.807, 2.05) is 66.7 Å². The van der Waals surface area contributed by atoms with Gasteiger partial charge in [0.05, 0.1) is 12.6 Å². The molecular formula is C24H19BrN4O2. The Bertz CT molecular complexity index is 1260. The minimum atomic E-state index is -0.228. The first-order valence-electron chi connectivity index (χ1n) is 9.51. The van der Waals surface area contributed by atoms with Crippen molar-refractivity contribution < 1.29 is 9.53 Å². The SMILES string of the molecule is COc1ccc(/C=C/C(=O)Nc2ccc3ncnc(Nc4cccc(Br)c4)c3c2)cc1. The quantitative estimate of drug-likeness (QED) is 0.345. The Morgan fingerprint density at radius 3 is 2.61 bits per heavy atom. The zero-order valence-electron chi connectivity index (χ0n) is 16.7. The van der Waals surface area contributed by atoms with Crippen LogP contribution >= 0.6 is 15.9 Å². The van der Waals surface area contributed by atoms with Crippen molar-refractivity contribution in [1.29, 1.82) is 0 Å². The summed E-state index contributed by atoms with van der Waals surface area (Å²) in [6, 6.07) is 20.8. The molecule has 0 aliphatic heterocycles. The summed E-state index contributed by atoms with van der Waals surface area (Å²) in [5, 5.41) is 7.00. The first-order chi connectivity index (χ1) is 15.1. The molecule has 4 rings (SSSR count). The average molecular weight is 475 g/mol. The Kier molecular flexibility index (Phi) is 6.24. The van der Waals surface area contributed by atoms with Gasteiger partial charge in [-0.2, -0.15) is 0 Å². The molecule has 0 saturated heterocycles. The number of halogens is 1. The number of fused-ring (bicyclic) bond motifs is 1. The van der Waals surface area contributed by atoms with E-state index in [1.54, 1.807) is 13.2 Å². The lowest BCUT2D eigenvalue weighted by Crippen LogP contribution is -2.07. The summed E-state index contributed by atoms with van der Waals surface area (Å²) in [7, 11) is 1.62. The number of hydrogen-bond donors (Lipinski definition) is 2. The molecule has 0 fully saturated rings. The number of ether oxygens (including phenoxy) is 1. The van der Waals surface area contributed by atoms with Gasteiger partial charge in [0.2, 0.25) is 5.91 Å². The third-order valence-corrected chi connectivity index (χ3v) is 5.03. The molecule has 0 aliphatic rings. The minimum absolute atomic E-state index is 0.228. The van der Waals surface area contributed by atoms with Gasteiger partial charge in [-0.15, -0.1) is 0 Å². The molecule has 31 heavy (non-hydrogen) atoms. The van der Waals surface area contributed by atoms with Crippen molar-refractivity contribution in [3.8, 4) is 5.75 Å². The van der Waals surface area contributed by atoms with E-state index in [4.69, 9.17) is 4.74 Å². The minimum Gasteiger partial charge on any atom is -0.497 e. The molecule has 0 atom stereocenters. The molecule has 0 saturated carbocycles. The van der Waals surface area contributed by atoms with Crippen LogP contribution in [-0.2, 0) is 4.79 Å². The number of rotatable bonds is 6. The van der Waals surface area contributed by atoms with Crippen LogP contribution in [0.1, 0.15) is 5.56 Å². The van der Waals surface area contributed by atoms with Gasteiger partial charge in [0, 0.05) is 27.3 Å². The van der Waals surface area contributed by atoms with Crippen LogP contribution in [0.15, 0.2) is 83.6 Å². The van der Waals surface area contributed by atoms with Crippen LogP contribution in [0.25, 0.3) is 17.0 Å². The van der Waals surface area contributed by atoms with Crippen molar-refractivity contribution in [2.45, 2.75) is 0 Å². The molecule has 3 aromatic carbocycles. The second-order valence-corrected chi connectivity index (χ2v) is 7.60. The molecule has 6 nitrogen and oxygen atoms in total. The van der Waals surface area contributed by atoms with E-state index in [1.165, 1.54) is 12.4 Å². The predicted molar refractivity (Wildman–Crippen MR) is 128 cm³/mol. The van der Waals surface area contributed by atoms with E-state index in [0.717, 1.165) is 32.4 Å². The number of nitrogens with one attached hydrogen (secondary N) is 2. The maximum Gasteiger partial charge on any atom is 0.248 e. The van der Waals surface area contributed by atoms with Gasteiger partial charge in [-0.05, 0) is 60.2 Å². The molecule has 0 unspecified atom stereocenters. The van der Waals surface area contributed by atoms with Crippen LogP contribution in [0.5, 0.6) is 5.75 Å². The van der Waals surface area contributed by atoms with E-state index in [-0.39, 0.29) is 5.91 Å². The summed E-state index contributed by atoms with van der Waals surface area (Å²) in [5.74, 6) is 1.20. The van der Waals surface area contributed by atoms with Crippen molar-refractivity contribution in [3.63, 3.8) is 0 Å². The first kappa shape index (κ1) is 20.6. The van der Waals surface area contributed by atoms with Crippen LogP contribution < -0.4 is 15.4 Å². The molecule has 0 radical (unpaired) electrons. The number of carbonyl (C=O) groups is 1. The van der Waals surface area contributed by atoms with Crippen LogP contribution in [0, 0.1) is 0 Å². The van der Waals surface area contributed by atoms with Crippen LogP contribution in [0.4, 0.5) is 17.2 Å². The fourth-order valence-electron chi connectivity index (χ4n) is 3.01. The standard InChI is InChI=1S/C24H19BrN4O2/c1-31-20-9-5-16(6-10-20)7-12-23(30)28-19-8-11-22-21(14-19)24(27-15-26-22)29-18-4-2-3-17(25)13-18/h2-15H,1H3,(H,28,30)(H,26,27,29)/b12-7+. The van der Waals surface area contributed by atoms with Gasteiger partial charge in [0.15, 0.2) is 0 Å². The van der Waals surface area contributed by atoms with Crippen molar-refractivity contribution in [2.24, 2.45) is 0 Å². The van der Waals surface area contributed by atoms with E-state index in [9.17, 15) is 4.79 Å². The van der Waals surface area contributed by atoms with Crippen molar-refractivity contribution in [2.75, 3.05) is 17.7 Å². The first-order valence-corrected chi connectivity index (χ1v) is 10.3. The Labute approximate surface area is 188 Å². The van der Waals surface area contributed by atoms with Crippen LogP contribution in [0.2, 0.25) is 0 Å². The summed E-state index contributed by atoms with van der Waals surface area (Å²) in [4.78, 5) is 21.1. The topological polar surface area (TPSA) is 76.1 Å². The van der Waals surface area contributed by atoms with Gasteiger partial charge >= 0.3 is 0 Å². The highest BCUT2D eigenvalue weighted by Crippen LogP contribution is 2.27. The summed E-state index contributed by atoms with van der Waals surface area (Å²) in [5.41, 5.74) is 3.23. The Morgan fingerprint density at radius 2 is 1.84 bits per heavy atom. The summed E-state index contributed by atoms with van der Waals surface area (Å²) in [6.07, 6.45) is 4.76. The number of anilines is 3. The number of hydrogen-bond acceptors (Lipinski definition) is 5. The molecule has 0 aliphatic carbocycles. The maximum atomic E-state index is 12.4. The normalized spacial score (nSPS) is 10.9. The van der Waals surface area contributed by atoms with Crippen LogP contribution in [-0.4, -0.2) is 23.0 Å². The highest BCUT2D eigenvalue weighted by molar-refractivity contribution is 9.10. The van der Waals surface area contributed by atoms with Gasteiger partial charge < -0.3 is 15.4 Å². The second kappa shape index (κ2) is 9.40. The molecule has 1 aromatic heterocycles. The smallest absolute Gasteiger partial charge is 0.248 e. The van der Waals surface area contributed by atoms with E-state index in [2.05, 4.69) is 36.5 Å². The largest absolute Gasteiger partial charge is 0.497 e. The van der Waals surface area contributed by atoms with Crippen molar-refractivity contribution in [1.82, 2.24) is 9.97 Å². The third kappa shape index (κ3) is 5.26. The van der Waals surface area contributed by atoms with Crippen molar-refractivity contribution in [3.05, 3.63) is 89.2 Å². The number of methoxy groups -OCH3 is 1. The number of amides is 1. The van der Waals surface area contributed by atoms with Gasteiger partial charge in [0.1, 0.15) is 17.9 Å². The predicted octanol–water partition coefficient (Wildman–Crippen LogP) is 5.80. The number of carbonyl (C=O) groups excluding carboxylic acids is 1. The van der Waals surface area contributed by atoms with Gasteiger partial charge in [-0.25, -0.2) is 9.97 Å². The number of nitrogens with zero attached hydrogens (tertiary/aromatic N) is 2. The molecule has 154 valence electrons. The second-order valence-electron chi connectivity index (χ2n) is 6.69. The fraction of sp³-hybridized carbons (Fsp3) is 0.0417. The highest BCUT2D eigenvalue weighted by atomic mass is 79.9. The average Bonchev–Trinajstić information content (AvgIpc) is 2.78. The number of aromatic nitrogens is 2. The number of benzene rings is 3. The van der Waals surface area contributed by atoms with Gasteiger partial charge in [0.25, 0.3) is 0 Å². The monoisotopic (exact) mass is 474 g/mol. The van der Waals surface area contributed by atoms with E-state index >= 15 is 0 Å². The van der Waals surface area contributed by atoms with E-state index in [0.29, 0.717) is 11.5 Å². The Balaban J connectivity index is 1.52. The molecule has 7 heteroatoms. The lowest BCUT2D eigenvalue weighted by molar-refractivity contribution is -0.111. The molecular weight excluding hydrogens is 456 g/mol. The summed E-state index contributed by atoms with van der Waals surface area (Å²) < 4.78 is 6.11. The third-order valence-electron chi connectivity index (χ3n) is 4.53. The van der Waals surface area contributed by atoms with Crippen LogP contribution in [0.3, 0.4) is 0 Å². The lowest BCUT2D eigenvalue weighted by Gasteiger charge is -2.10. The zero-order valence-corrected chi connectivity index (χ0v) is 18.3. The molecule has 1 heterocycles. The molecule has 1 amide bonds. The van der Waals surface area contributed by atoms with Crippen molar-refractivity contribution >= 4 is 56.0 Å². The Hall–Kier alpha value is -3.71. The summed E-state index contributed by atoms with van der Waals surface area (Å²) >= 11 is 3.47.